The zero-order chi connectivity index (χ0) is 14.6. The van der Waals surface area contributed by atoms with E-state index in [1.165, 1.54) is 0 Å². The van der Waals surface area contributed by atoms with Crippen LogP contribution in [0.15, 0.2) is 6.20 Å². The summed E-state index contributed by atoms with van der Waals surface area (Å²) in [5.74, 6) is -0.379. The van der Waals surface area contributed by atoms with E-state index >= 15 is 0 Å². The number of thioether (sulfide) groups is 1. The average molecular weight is 283 g/mol. The molecule has 0 aliphatic heterocycles. The number of rotatable bonds is 6. The predicted molar refractivity (Wildman–Crippen MR) is 79.2 cm³/mol. The van der Waals surface area contributed by atoms with E-state index in [4.69, 9.17) is 0 Å². The fourth-order valence-electron chi connectivity index (χ4n) is 1.35. The third kappa shape index (κ3) is 4.38. The molecule has 0 spiro atoms. The summed E-state index contributed by atoms with van der Waals surface area (Å²) < 4.78 is 0.0203. The first kappa shape index (κ1) is 15.8. The second kappa shape index (κ2) is 6.23. The van der Waals surface area contributed by atoms with Crippen molar-refractivity contribution >= 4 is 23.4 Å². The summed E-state index contributed by atoms with van der Waals surface area (Å²) in [5.41, 5.74) is 0.509. The van der Waals surface area contributed by atoms with Crippen LogP contribution in [-0.4, -0.2) is 38.6 Å². The third-order valence-corrected chi connectivity index (χ3v) is 4.03. The van der Waals surface area contributed by atoms with Crippen LogP contribution < -0.4 is 5.32 Å². The number of hydrogen-bond donors (Lipinski definition) is 2. The van der Waals surface area contributed by atoms with Crippen molar-refractivity contribution in [1.82, 2.24) is 9.97 Å². The van der Waals surface area contributed by atoms with Crippen LogP contribution in [-0.2, 0) is 0 Å². The molecular weight excluding hydrogens is 262 g/mol. The topological polar surface area (TPSA) is 75.1 Å². The molecule has 19 heavy (non-hydrogen) atoms. The van der Waals surface area contributed by atoms with Crippen LogP contribution >= 0.6 is 11.8 Å². The molecule has 0 amide bonds. The van der Waals surface area contributed by atoms with E-state index in [1.807, 2.05) is 20.1 Å². The number of nitrogens with zero attached hydrogens (tertiary/aromatic N) is 2. The molecule has 0 aliphatic rings. The number of hydrogen-bond acceptors (Lipinski definition) is 5. The predicted octanol–water partition coefficient (Wildman–Crippen LogP) is 2.85. The summed E-state index contributed by atoms with van der Waals surface area (Å²) in [6.07, 6.45) is 3.58. The van der Waals surface area contributed by atoms with Gasteiger partial charge in [0, 0.05) is 17.2 Å². The van der Waals surface area contributed by atoms with Crippen LogP contribution in [0, 0.1) is 0 Å². The molecule has 0 fully saturated rings. The van der Waals surface area contributed by atoms with Crippen molar-refractivity contribution in [3.8, 4) is 0 Å². The zero-order valence-electron chi connectivity index (χ0n) is 12.0. The second-order valence-corrected chi connectivity index (χ2v) is 6.78. The van der Waals surface area contributed by atoms with E-state index < -0.39 is 5.97 Å². The number of nitrogens with one attached hydrogen (secondary N) is 1. The Morgan fingerprint density at radius 1 is 1.53 bits per heavy atom. The smallest absolute Gasteiger partial charge is 0.356 e. The molecule has 0 bridgehead atoms. The Labute approximate surface area is 118 Å². The number of carboxylic acids is 1. The van der Waals surface area contributed by atoms with Crippen molar-refractivity contribution in [2.24, 2.45) is 0 Å². The van der Waals surface area contributed by atoms with Gasteiger partial charge in [-0.3, -0.25) is 0 Å². The van der Waals surface area contributed by atoms with Crippen LogP contribution in [0.1, 0.15) is 49.9 Å². The molecule has 0 saturated heterocycles. The first-order valence-electron chi connectivity index (χ1n) is 6.16. The van der Waals surface area contributed by atoms with Crippen molar-refractivity contribution in [2.45, 2.75) is 38.4 Å². The van der Waals surface area contributed by atoms with E-state index in [2.05, 4.69) is 29.1 Å². The maximum Gasteiger partial charge on any atom is 0.356 e. The summed E-state index contributed by atoms with van der Waals surface area (Å²) in [7, 11) is 0. The Morgan fingerprint density at radius 3 is 2.63 bits per heavy atom. The second-order valence-electron chi connectivity index (χ2n) is 5.27. The van der Waals surface area contributed by atoms with Gasteiger partial charge >= 0.3 is 5.97 Å². The first-order chi connectivity index (χ1) is 8.76. The largest absolute Gasteiger partial charge is 0.476 e. The number of carboxylic acid groups (broad SMARTS) is 1. The summed E-state index contributed by atoms with van der Waals surface area (Å²) in [6.45, 7) is 8.71. The zero-order valence-corrected chi connectivity index (χ0v) is 12.8. The van der Waals surface area contributed by atoms with Gasteiger partial charge in [-0.1, -0.05) is 13.8 Å². The van der Waals surface area contributed by atoms with Crippen molar-refractivity contribution in [3.05, 3.63) is 17.7 Å². The molecule has 6 heteroatoms. The van der Waals surface area contributed by atoms with Gasteiger partial charge in [0.05, 0.1) is 11.9 Å². The molecule has 106 valence electrons. The molecule has 0 atom stereocenters. The lowest BCUT2D eigenvalue weighted by Crippen LogP contribution is -2.27. The van der Waals surface area contributed by atoms with Gasteiger partial charge in [-0.05, 0) is 20.1 Å². The SMILES string of the molecule is CSC(C)(C)CNc1cnc(C(C)C)nc1C(=O)O. The molecule has 0 saturated carbocycles. The van der Waals surface area contributed by atoms with E-state index in [0.29, 0.717) is 18.1 Å². The van der Waals surface area contributed by atoms with Crippen molar-refractivity contribution in [3.63, 3.8) is 0 Å². The minimum Gasteiger partial charge on any atom is -0.476 e. The highest BCUT2D eigenvalue weighted by atomic mass is 32.2. The van der Waals surface area contributed by atoms with Crippen molar-refractivity contribution < 1.29 is 9.90 Å². The fraction of sp³-hybridized carbons (Fsp3) is 0.615. The molecule has 1 aromatic heterocycles. The van der Waals surface area contributed by atoms with Crippen molar-refractivity contribution in [2.75, 3.05) is 18.1 Å². The van der Waals surface area contributed by atoms with Gasteiger partial charge in [0.1, 0.15) is 5.82 Å². The molecule has 0 aromatic carbocycles. The van der Waals surface area contributed by atoms with Crippen LogP contribution in [0.2, 0.25) is 0 Å². The Balaban J connectivity index is 2.98. The van der Waals surface area contributed by atoms with Gasteiger partial charge in [-0.2, -0.15) is 11.8 Å². The maximum absolute atomic E-state index is 11.3. The minimum absolute atomic E-state index is 0.0203. The molecule has 5 nitrogen and oxygen atoms in total. The monoisotopic (exact) mass is 283 g/mol. The standard InChI is InChI=1S/C13H21N3O2S/c1-8(2)11-14-6-9(10(16-11)12(17)18)15-7-13(3,4)19-5/h6,8,15H,7H2,1-5H3,(H,17,18). The van der Waals surface area contributed by atoms with E-state index in [9.17, 15) is 9.90 Å². The molecule has 2 N–H and O–H groups in total. The lowest BCUT2D eigenvalue weighted by Gasteiger charge is -2.23. The summed E-state index contributed by atoms with van der Waals surface area (Å²) in [4.78, 5) is 19.6. The van der Waals surface area contributed by atoms with Crippen LogP contribution in [0.4, 0.5) is 5.69 Å². The van der Waals surface area contributed by atoms with E-state index in [1.54, 1.807) is 18.0 Å². The Hall–Kier alpha value is -1.30. The molecule has 1 rings (SSSR count). The summed E-state index contributed by atoms with van der Waals surface area (Å²) in [6, 6.07) is 0. The van der Waals surface area contributed by atoms with Gasteiger partial charge in [0.15, 0.2) is 5.69 Å². The molecule has 1 heterocycles. The highest BCUT2D eigenvalue weighted by molar-refractivity contribution is 7.99. The number of anilines is 1. The fourth-order valence-corrected chi connectivity index (χ4v) is 1.56. The quantitative estimate of drug-likeness (QED) is 0.836. The molecule has 0 aliphatic carbocycles. The maximum atomic E-state index is 11.3. The van der Waals surface area contributed by atoms with Crippen LogP contribution in [0.5, 0.6) is 0 Å². The van der Waals surface area contributed by atoms with Gasteiger partial charge in [-0.15, -0.1) is 0 Å². The Morgan fingerprint density at radius 2 is 2.16 bits per heavy atom. The van der Waals surface area contributed by atoms with Crippen LogP contribution in [0.25, 0.3) is 0 Å². The Bertz CT molecular complexity index is 461. The van der Waals surface area contributed by atoms with Gasteiger partial charge in [0.25, 0.3) is 0 Å². The van der Waals surface area contributed by atoms with Crippen LogP contribution in [0.3, 0.4) is 0 Å². The minimum atomic E-state index is -1.03. The molecule has 0 unspecified atom stereocenters. The molecule has 1 aromatic rings. The summed E-state index contributed by atoms with van der Waals surface area (Å²) >= 11 is 1.72. The molecular formula is C13H21N3O2S. The summed E-state index contributed by atoms with van der Waals surface area (Å²) in [5, 5.41) is 12.3. The highest BCUT2D eigenvalue weighted by Crippen LogP contribution is 2.23. The third-order valence-electron chi connectivity index (χ3n) is 2.78. The highest BCUT2D eigenvalue weighted by Gasteiger charge is 2.19. The van der Waals surface area contributed by atoms with Gasteiger partial charge in [-0.25, -0.2) is 14.8 Å². The molecule has 0 radical (unpaired) electrons. The normalized spacial score (nSPS) is 11.7. The number of aromatic nitrogens is 2. The van der Waals surface area contributed by atoms with Gasteiger partial charge < -0.3 is 10.4 Å². The first-order valence-corrected chi connectivity index (χ1v) is 7.38. The Kier molecular flexibility index (Phi) is 5.17. The van der Waals surface area contributed by atoms with E-state index in [-0.39, 0.29) is 16.4 Å². The lowest BCUT2D eigenvalue weighted by atomic mass is 10.2. The number of carbonyl (C=O) groups is 1. The van der Waals surface area contributed by atoms with Crippen molar-refractivity contribution in [1.29, 1.82) is 0 Å². The lowest BCUT2D eigenvalue weighted by molar-refractivity contribution is 0.0691. The van der Waals surface area contributed by atoms with Gasteiger partial charge in [0.2, 0.25) is 0 Å². The number of aromatic carboxylic acids is 1. The average Bonchev–Trinajstić information content (AvgIpc) is 2.36. The van der Waals surface area contributed by atoms with E-state index in [0.717, 1.165) is 0 Å².